The highest BCUT2D eigenvalue weighted by Crippen LogP contribution is 2.27. The van der Waals surface area contributed by atoms with Gasteiger partial charge < -0.3 is 20.9 Å². The lowest BCUT2D eigenvalue weighted by atomic mass is 9.93. The fourth-order valence-corrected chi connectivity index (χ4v) is 1.64. The molecular weight excluding hydrogens is 218 g/mol. The molecule has 17 heavy (non-hydrogen) atoms. The molecule has 0 bridgehead atoms. The Hall–Kier alpha value is -1.17. The molecule has 1 unspecified atom stereocenters. The first-order valence-corrected chi connectivity index (χ1v) is 5.71. The summed E-state index contributed by atoms with van der Waals surface area (Å²) in [6, 6.07) is 3.58. The normalized spacial score (nSPS) is 14.5. The lowest BCUT2D eigenvalue weighted by Gasteiger charge is -2.24. The topological polar surface area (TPSA) is 80.4 Å². The fourth-order valence-electron chi connectivity index (χ4n) is 1.64. The van der Waals surface area contributed by atoms with Crippen molar-refractivity contribution in [3.05, 3.63) is 23.9 Å². The maximum absolute atomic E-state index is 10.3. The number of anilines is 1. The summed E-state index contributed by atoms with van der Waals surface area (Å²) in [6.45, 7) is 3.88. The summed E-state index contributed by atoms with van der Waals surface area (Å²) < 4.78 is 4.92. The summed E-state index contributed by atoms with van der Waals surface area (Å²) in [7, 11) is 1.66. The number of ether oxygens (including phenoxy) is 1. The average Bonchev–Trinajstić information content (AvgIpc) is 2.29. The zero-order valence-corrected chi connectivity index (χ0v) is 10.4. The summed E-state index contributed by atoms with van der Waals surface area (Å²) in [5.41, 5.74) is 5.46. The number of hydrogen-bond acceptors (Lipinski definition) is 5. The molecule has 1 heterocycles. The Kier molecular flexibility index (Phi) is 5.34. The number of aromatic nitrogens is 1. The SMILES string of the molecule is COCCNCCC(C)(O)c1cccnc1N. The van der Waals surface area contributed by atoms with E-state index in [2.05, 4.69) is 10.3 Å². The highest BCUT2D eigenvalue weighted by molar-refractivity contribution is 5.42. The number of pyridine rings is 1. The van der Waals surface area contributed by atoms with Crippen molar-refractivity contribution < 1.29 is 9.84 Å². The first-order valence-electron chi connectivity index (χ1n) is 5.71. The monoisotopic (exact) mass is 239 g/mol. The summed E-state index contributed by atoms with van der Waals surface area (Å²) in [6.07, 6.45) is 2.19. The van der Waals surface area contributed by atoms with E-state index in [-0.39, 0.29) is 0 Å². The maximum atomic E-state index is 10.3. The van der Waals surface area contributed by atoms with Crippen molar-refractivity contribution in [2.45, 2.75) is 18.9 Å². The first kappa shape index (κ1) is 13.9. The van der Waals surface area contributed by atoms with Crippen LogP contribution in [0.3, 0.4) is 0 Å². The third kappa shape index (κ3) is 4.30. The first-order chi connectivity index (χ1) is 8.08. The largest absolute Gasteiger partial charge is 0.385 e. The number of nitrogens with zero attached hydrogens (tertiary/aromatic N) is 1. The molecule has 1 aromatic heterocycles. The Morgan fingerprint density at radius 2 is 2.29 bits per heavy atom. The lowest BCUT2D eigenvalue weighted by Crippen LogP contribution is -2.30. The van der Waals surface area contributed by atoms with Gasteiger partial charge in [-0.15, -0.1) is 0 Å². The van der Waals surface area contributed by atoms with Crippen LogP contribution in [0.2, 0.25) is 0 Å². The lowest BCUT2D eigenvalue weighted by molar-refractivity contribution is 0.0480. The van der Waals surface area contributed by atoms with E-state index in [1.54, 1.807) is 32.4 Å². The summed E-state index contributed by atoms with van der Waals surface area (Å²) in [5.74, 6) is 0.384. The number of nitrogen functional groups attached to an aromatic ring is 1. The van der Waals surface area contributed by atoms with Crippen molar-refractivity contribution >= 4 is 5.82 Å². The van der Waals surface area contributed by atoms with Gasteiger partial charge in [-0.05, 0) is 26.0 Å². The Balaban J connectivity index is 2.48. The van der Waals surface area contributed by atoms with E-state index in [0.717, 1.165) is 6.54 Å². The minimum absolute atomic E-state index is 0.384. The molecule has 0 aliphatic rings. The van der Waals surface area contributed by atoms with Crippen LogP contribution in [0.15, 0.2) is 18.3 Å². The average molecular weight is 239 g/mol. The third-order valence-electron chi connectivity index (χ3n) is 2.69. The predicted octanol–water partition coefficient (Wildman–Crippen LogP) is 0.497. The standard InChI is InChI=1S/C12H21N3O2/c1-12(16,5-7-14-8-9-17-2)10-4-3-6-15-11(10)13/h3-4,6,14,16H,5,7-9H2,1-2H3,(H2,13,15). The Bertz CT molecular complexity index is 342. The van der Waals surface area contributed by atoms with Crippen molar-refractivity contribution in [1.29, 1.82) is 0 Å². The molecule has 4 N–H and O–H groups in total. The van der Waals surface area contributed by atoms with Gasteiger partial charge in [-0.2, -0.15) is 0 Å². The second-order valence-corrected chi connectivity index (χ2v) is 4.20. The summed E-state index contributed by atoms with van der Waals surface area (Å²) in [4.78, 5) is 3.98. The molecular formula is C12H21N3O2. The van der Waals surface area contributed by atoms with E-state index >= 15 is 0 Å². The number of hydrogen-bond donors (Lipinski definition) is 3. The van der Waals surface area contributed by atoms with E-state index in [4.69, 9.17) is 10.5 Å². The quantitative estimate of drug-likeness (QED) is 0.604. The van der Waals surface area contributed by atoms with Crippen molar-refractivity contribution in [3.63, 3.8) is 0 Å². The predicted molar refractivity (Wildman–Crippen MR) is 67.6 cm³/mol. The Morgan fingerprint density at radius 3 is 2.94 bits per heavy atom. The van der Waals surface area contributed by atoms with E-state index < -0.39 is 5.60 Å². The fraction of sp³-hybridized carbons (Fsp3) is 0.583. The zero-order chi connectivity index (χ0) is 12.7. The van der Waals surface area contributed by atoms with E-state index in [1.807, 2.05) is 0 Å². The van der Waals surface area contributed by atoms with Gasteiger partial charge in [0.05, 0.1) is 12.2 Å². The van der Waals surface area contributed by atoms with E-state index in [0.29, 0.717) is 31.0 Å². The summed E-state index contributed by atoms with van der Waals surface area (Å²) >= 11 is 0. The highest BCUT2D eigenvalue weighted by atomic mass is 16.5. The molecule has 0 aromatic carbocycles. The van der Waals surface area contributed by atoms with E-state index in [9.17, 15) is 5.11 Å². The zero-order valence-electron chi connectivity index (χ0n) is 10.4. The molecule has 0 saturated heterocycles. The summed E-state index contributed by atoms with van der Waals surface area (Å²) in [5, 5.41) is 13.5. The maximum Gasteiger partial charge on any atom is 0.129 e. The molecule has 0 aliphatic heterocycles. The number of methoxy groups -OCH3 is 1. The van der Waals surface area contributed by atoms with Crippen LogP contribution in [-0.2, 0) is 10.3 Å². The number of nitrogens with one attached hydrogen (secondary N) is 1. The minimum Gasteiger partial charge on any atom is -0.385 e. The molecule has 0 spiro atoms. The second-order valence-electron chi connectivity index (χ2n) is 4.20. The Morgan fingerprint density at radius 1 is 1.53 bits per heavy atom. The van der Waals surface area contributed by atoms with Crippen molar-refractivity contribution in [2.75, 3.05) is 32.5 Å². The van der Waals surface area contributed by atoms with Crippen molar-refractivity contribution in [2.24, 2.45) is 0 Å². The Labute approximate surface area is 102 Å². The number of rotatable bonds is 7. The smallest absolute Gasteiger partial charge is 0.129 e. The minimum atomic E-state index is -0.960. The second kappa shape index (κ2) is 6.54. The van der Waals surface area contributed by atoms with Gasteiger partial charge in [0, 0.05) is 25.4 Å². The van der Waals surface area contributed by atoms with Gasteiger partial charge in [0.25, 0.3) is 0 Å². The number of aliphatic hydroxyl groups is 1. The number of nitrogens with two attached hydrogens (primary N) is 1. The van der Waals surface area contributed by atoms with Gasteiger partial charge in [-0.25, -0.2) is 4.98 Å². The third-order valence-corrected chi connectivity index (χ3v) is 2.69. The van der Waals surface area contributed by atoms with Gasteiger partial charge in [-0.1, -0.05) is 6.07 Å². The van der Waals surface area contributed by atoms with Crippen molar-refractivity contribution in [1.82, 2.24) is 10.3 Å². The van der Waals surface area contributed by atoms with Gasteiger partial charge >= 0.3 is 0 Å². The van der Waals surface area contributed by atoms with Gasteiger partial charge in [0.15, 0.2) is 0 Å². The van der Waals surface area contributed by atoms with Crippen LogP contribution in [-0.4, -0.2) is 36.9 Å². The van der Waals surface area contributed by atoms with Crippen LogP contribution in [0.4, 0.5) is 5.82 Å². The molecule has 5 nitrogen and oxygen atoms in total. The van der Waals surface area contributed by atoms with Gasteiger partial charge in [0.1, 0.15) is 5.82 Å². The van der Waals surface area contributed by atoms with Crippen LogP contribution in [0.5, 0.6) is 0 Å². The van der Waals surface area contributed by atoms with Crippen molar-refractivity contribution in [3.8, 4) is 0 Å². The molecule has 1 atom stereocenters. The molecule has 5 heteroatoms. The van der Waals surface area contributed by atoms with Crippen LogP contribution >= 0.6 is 0 Å². The molecule has 0 aliphatic carbocycles. The molecule has 0 saturated carbocycles. The molecule has 0 amide bonds. The van der Waals surface area contributed by atoms with Crippen LogP contribution in [0.1, 0.15) is 18.9 Å². The van der Waals surface area contributed by atoms with Crippen LogP contribution in [0, 0.1) is 0 Å². The molecule has 0 radical (unpaired) electrons. The van der Waals surface area contributed by atoms with Crippen LogP contribution in [0.25, 0.3) is 0 Å². The van der Waals surface area contributed by atoms with E-state index in [1.165, 1.54) is 0 Å². The van der Waals surface area contributed by atoms with Gasteiger partial charge in [-0.3, -0.25) is 0 Å². The van der Waals surface area contributed by atoms with Crippen LogP contribution < -0.4 is 11.1 Å². The molecule has 1 rings (SSSR count). The molecule has 1 aromatic rings. The highest BCUT2D eigenvalue weighted by Gasteiger charge is 2.25. The molecule has 96 valence electrons. The molecule has 0 fully saturated rings. The van der Waals surface area contributed by atoms with Gasteiger partial charge in [0.2, 0.25) is 0 Å².